The normalized spacial score (nSPS) is 19.1. The molecular formula is C28H38F2S. The van der Waals surface area contributed by atoms with Gasteiger partial charge in [0, 0.05) is 4.90 Å². The zero-order valence-corrected chi connectivity index (χ0v) is 19.8. The fraction of sp³-hybridized carbons (Fsp3) is 0.571. The van der Waals surface area contributed by atoms with Gasteiger partial charge in [0.2, 0.25) is 0 Å². The number of benzene rings is 2. The van der Waals surface area contributed by atoms with Crippen LogP contribution in [0.25, 0.3) is 0 Å². The third-order valence-electron chi connectivity index (χ3n) is 6.86. The van der Waals surface area contributed by atoms with Crippen LogP contribution in [-0.2, 0) is 12.8 Å². The first-order chi connectivity index (χ1) is 15.1. The largest absolute Gasteiger partial charge is 0.288 e. The molecule has 0 unspecified atom stereocenters. The Morgan fingerprint density at radius 1 is 0.774 bits per heavy atom. The van der Waals surface area contributed by atoms with Crippen molar-refractivity contribution in [1.29, 1.82) is 0 Å². The Labute approximate surface area is 192 Å². The Balaban J connectivity index is 1.38. The van der Waals surface area contributed by atoms with Crippen LogP contribution in [0.15, 0.2) is 53.4 Å². The molecule has 0 nitrogen and oxygen atoms in total. The maximum Gasteiger partial charge on any atom is 0.288 e. The van der Waals surface area contributed by atoms with Gasteiger partial charge in [-0.2, -0.15) is 8.78 Å². The molecule has 2 aromatic carbocycles. The summed E-state index contributed by atoms with van der Waals surface area (Å²) in [6, 6.07) is 16.8. The Hall–Kier alpha value is -1.35. The highest BCUT2D eigenvalue weighted by atomic mass is 32.2. The molecule has 0 bridgehead atoms. The van der Waals surface area contributed by atoms with Crippen molar-refractivity contribution in [3.63, 3.8) is 0 Å². The molecule has 0 atom stereocenters. The number of alkyl halides is 2. The van der Waals surface area contributed by atoms with Gasteiger partial charge in [-0.1, -0.05) is 93.6 Å². The number of halogens is 2. The maximum atomic E-state index is 12.4. The van der Waals surface area contributed by atoms with Gasteiger partial charge >= 0.3 is 0 Å². The molecule has 1 saturated carbocycles. The molecular weight excluding hydrogens is 406 g/mol. The number of hydrogen-bond acceptors (Lipinski definition) is 1. The summed E-state index contributed by atoms with van der Waals surface area (Å²) in [5, 5.41) is 0. The summed E-state index contributed by atoms with van der Waals surface area (Å²) < 4.78 is 24.9. The fourth-order valence-electron chi connectivity index (χ4n) is 4.90. The first-order valence-electron chi connectivity index (χ1n) is 12.3. The van der Waals surface area contributed by atoms with Gasteiger partial charge in [-0.05, 0) is 79.2 Å². The van der Waals surface area contributed by atoms with E-state index in [9.17, 15) is 8.78 Å². The second kappa shape index (κ2) is 13.3. The smallest absolute Gasteiger partial charge is 0.198 e. The number of unbranched alkanes of at least 4 members (excludes halogenated alkanes) is 4. The first kappa shape index (κ1) is 24.3. The minimum atomic E-state index is -2.35. The summed E-state index contributed by atoms with van der Waals surface area (Å²) in [6.45, 7) is 2.28. The second-order valence-corrected chi connectivity index (χ2v) is 10.2. The number of aryl methyl sites for hydroxylation is 2. The van der Waals surface area contributed by atoms with E-state index in [1.807, 2.05) is 12.1 Å². The zero-order chi connectivity index (χ0) is 21.9. The van der Waals surface area contributed by atoms with E-state index >= 15 is 0 Å². The lowest BCUT2D eigenvalue weighted by molar-refractivity contribution is 0.252. The first-order valence-corrected chi connectivity index (χ1v) is 13.1. The van der Waals surface area contributed by atoms with Crippen LogP contribution >= 0.6 is 11.8 Å². The molecule has 0 amide bonds. The summed E-state index contributed by atoms with van der Waals surface area (Å²) >= 11 is 0.610. The van der Waals surface area contributed by atoms with Crippen LogP contribution in [0.2, 0.25) is 0 Å². The molecule has 0 heterocycles. The lowest BCUT2D eigenvalue weighted by Crippen LogP contribution is -2.13. The minimum Gasteiger partial charge on any atom is -0.198 e. The van der Waals surface area contributed by atoms with Crippen molar-refractivity contribution in [2.45, 2.75) is 101 Å². The van der Waals surface area contributed by atoms with E-state index in [0.717, 1.165) is 24.7 Å². The Kier molecular flexibility index (Phi) is 10.4. The maximum absolute atomic E-state index is 12.4. The predicted molar refractivity (Wildman–Crippen MR) is 130 cm³/mol. The molecule has 1 aliphatic carbocycles. The van der Waals surface area contributed by atoms with E-state index in [-0.39, 0.29) is 0 Å². The average Bonchev–Trinajstić information content (AvgIpc) is 2.79. The van der Waals surface area contributed by atoms with Crippen molar-refractivity contribution < 1.29 is 8.78 Å². The lowest BCUT2D eigenvalue weighted by Gasteiger charge is -2.29. The monoisotopic (exact) mass is 444 g/mol. The molecule has 1 fully saturated rings. The van der Waals surface area contributed by atoms with Crippen molar-refractivity contribution in [3.8, 4) is 0 Å². The molecule has 0 spiro atoms. The van der Waals surface area contributed by atoms with Gasteiger partial charge in [0.25, 0.3) is 5.76 Å². The van der Waals surface area contributed by atoms with E-state index in [1.54, 1.807) is 12.1 Å². The van der Waals surface area contributed by atoms with E-state index in [0.29, 0.717) is 16.7 Å². The minimum absolute atomic E-state index is 0.610. The SMILES string of the molecule is CCCCCCC[C@H]1CC[C@H](c2ccc(CCc3ccc(SC(F)F)cc3)cc2)CC1. The third kappa shape index (κ3) is 8.60. The van der Waals surface area contributed by atoms with Crippen LogP contribution in [0.3, 0.4) is 0 Å². The van der Waals surface area contributed by atoms with E-state index in [4.69, 9.17) is 0 Å². The van der Waals surface area contributed by atoms with Gasteiger partial charge < -0.3 is 0 Å². The van der Waals surface area contributed by atoms with Crippen molar-refractivity contribution in [1.82, 2.24) is 0 Å². The van der Waals surface area contributed by atoms with E-state index < -0.39 is 5.76 Å². The Bertz CT molecular complexity index is 731. The summed E-state index contributed by atoms with van der Waals surface area (Å²) in [4.78, 5) is 0.634. The quantitative estimate of drug-likeness (QED) is 0.232. The summed E-state index contributed by atoms with van der Waals surface area (Å²) in [6.07, 6.45) is 15.9. The van der Waals surface area contributed by atoms with Crippen LogP contribution in [0.5, 0.6) is 0 Å². The highest BCUT2D eigenvalue weighted by molar-refractivity contribution is 7.99. The van der Waals surface area contributed by atoms with Crippen LogP contribution in [0.4, 0.5) is 8.78 Å². The zero-order valence-electron chi connectivity index (χ0n) is 19.0. The average molecular weight is 445 g/mol. The van der Waals surface area contributed by atoms with Crippen LogP contribution in [-0.4, -0.2) is 5.76 Å². The molecule has 1 aliphatic rings. The molecule has 0 radical (unpaired) electrons. The molecule has 0 aliphatic heterocycles. The number of hydrogen-bond donors (Lipinski definition) is 0. The van der Waals surface area contributed by atoms with Crippen molar-refractivity contribution in [3.05, 3.63) is 65.2 Å². The molecule has 0 N–H and O–H groups in total. The topological polar surface area (TPSA) is 0 Å². The number of rotatable bonds is 12. The van der Waals surface area contributed by atoms with Gasteiger partial charge in [-0.15, -0.1) is 0 Å². The van der Waals surface area contributed by atoms with E-state index in [2.05, 4.69) is 31.2 Å². The van der Waals surface area contributed by atoms with Gasteiger partial charge in [0.1, 0.15) is 0 Å². The fourth-order valence-corrected chi connectivity index (χ4v) is 5.40. The Morgan fingerprint density at radius 3 is 1.94 bits per heavy atom. The summed E-state index contributed by atoms with van der Waals surface area (Å²) in [5.74, 6) is -0.650. The van der Waals surface area contributed by atoms with E-state index in [1.165, 1.54) is 80.9 Å². The van der Waals surface area contributed by atoms with Crippen LogP contribution < -0.4 is 0 Å². The molecule has 170 valence electrons. The predicted octanol–water partition coefficient (Wildman–Crippen LogP) is 9.42. The van der Waals surface area contributed by atoms with Gasteiger partial charge in [0.05, 0.1) is 0 Å². The molecule has 0 saturated heterocycles. The molecule has 3 heteroatoms. The lowest BCUT2D eigenvalue weighted by atomic mass is 9.77. The third-order valence-corrected chi connectivity index (χ3v) is 7.59. The standard InChI is InChI=1S/C28H38F2S/c1-2-3-4-5-6-7-22-10-16-25(17-11-22)26-18-12-23(13-19-26)8-9-24-14-20-27(21-15-24)31-28(29)30/h12-15,18-22,25,28H,2-11,16-17H2,1H3/t22-,25-. The summed E-state index contributed by atoms with van der Waals surface area (Å²) in [5.41, 5.74) is 4.07. The second-order valence-electron chi connectivity index (χ2n) is 9.18. The highest BCUT2D eigenvalue weighted by Crippen LogP contribution is 2.38. The van der Waals surface area contributed by atoms with Crippen molar-refractivity contribution in [2.24, 2.45) is 5.92 Å². The number of thioether (sulfide) groups is 1. The van der Waals surface area contributed by atoms with Crippen LogP contribution in [0, 0.1) is 5.92 Å². The summed E-state index contributed by atoms with van der Waals surface area (Å²) in [7, 11) is 0. The van der Waals surface area contributed by atoms with Gasteiger partial charge in [0.15, 0.2) is 0 Å². The van der Waals surface area contributed by atoms with Gasteiger partial charge in [-0.25, -0.2) is 0 Å². The highest BCUT2D eigenvalue weighted by Gasteiger charge is 2.22. The molecule has 3 rings (SSSR count). The molecule has 31 heavy (non-hydrogen) atoms. The Morgan fingerprint density at radius 2 is 1.35 bits per heavy atom. The van der Waals surface area contributed by atoms with Crippen LogP contribution in [0.1, 0.15) is 93.7 Å². The van der Waals surface area contributed by atoms with Crippen molar-refractivity contribution >= 4 is 11.8 Å². The molecule has 0 aromatic heterocycles. The van der Waals surface area contributed by atoms with Gasteiger partial charge in [-0.3, -0.25) is 0 Å². The molecule has 2 aromatic rings. The van der Waals surface area contributed by atoms with Crippen molar-refractivity contribution in [2.75, 3.05) is 0 Å².